The number of aromatic nitrogens is 1. The monoisotopic (exact) mass is 431 g/mol. The predicted octanol–water partition coefficient (Wildman–Crippen LogP) is 3.72. The molecule has 30 heavy (non-hydrogen) atoms. The molecule has 0 atom stereocenters. The number of rotatable bonds is 9. The summed E-state index contributed by atoms with van der Waals surface area (Å²) >= 11 is 0. The molecule has 1 aromatic rings. The third-order valence-electron chi connectivity index (χ3n) is 3.65. The molecule has 1 aromatic heterocycles. The maximum Gasteiger partial charge on any atom is 0.410 e. The predicted molar refractivity (Wildman–Crippen MR) is 110 cm³/mol. The molecule has 0 bridgehead atoms. The minimum absolute atomic E-state index is 0.250. The van der Waals surface area contributed by atoms with Gasteiger partial charge < -0.3 is 20.3 Å². The maximum absolute atomic E-state index is 12.5. The number of amides is 1. The molecule has 0 spiro atoms. The third kappa shape index (κ3) is 12.1. The zero-order chi connectivity index (χ0) is 22.6. The van der Waals surface area contributed by atoms with Crippen LogP contribution in [0.5, 0.6) is 0 Å². The summed E-state index contributed by atoms with van der Waals surface area (Å²) in [4.78, 5) is 22.5. The molecular weight excluding hydrogens is 399 g/mol. The van der Waals surface area contributed by atoms with Gasteiger partial charge in [-0.1, -0.05) is 6.07 Å². The fourth-order valence-electron chi connectivity index (χ4n) is 2.39. The van der Waals surface area contributed by atoms with Crippen molar-refractivity contribution in [3.63, 3.8) is 0 Å². The van der Waals surface area contributed by atoms with Gasteiger partial charge in [0, 0.05) is 38.6 Å². The second kappa shape index (κ2) is 12.2. The lowest BCUT2D eigenvalue weighted by Crippen LogP contribution is -2.39. The second-order valence-electron chi connectivity index (χ2n) is 7.67. The molecule has 7 nitrogen and oxygen atoms in total. The molecule has 0 aliphatic carbocycles. The molecule has 0 unspecified atom stereocenters. The average Bonchev–Trinajstić information content (AvgIpc) is 2.62. The van der Waals surface area contributed by atoms with Crippen molar-refractivity contribution in [2.75, 3.05) is 26.2 Å². The molecule has 1 amide bonds. The molecule has 0 fully saturated rings. The number of hydrogen-bond acceptors (Lipinski definition) is 4. The summed E-state index contributed by atoms with van der Waals surface area (Å²) in [6.45, 7) is 8.58. The van der Waals surface area contributed by atoms with Crippen LogP contribution in [0.3, 0.4) is 0 Å². The second-order valence-corrected chi connectivity index (χ2v) is 7.67. The van der Waals surface area contributed by atoms with Crippen LogP contribution in [0, 0.1) is 0 Å². The minimum Gasteiger partial charge on any atom is -0.444 e. The third-order valence-corrected chi connectivity index (χ3v) is 3.65. The van der Waals surface area contributed by atoms with Gasteiger partial charge in [0.2, 0.25) is 0 Å². The Morgan fingerprint density at radius 3 is 2.57 bits per heavy atom. The van der Waals surface area contributed by atoms with Crippen molar-refractivity contribution in [1.29, 1.82) is 0 Å². The highest BCUT2D eigenvalue weighted by molar-refractivity contribution is 5.79. The van der Waals surface area contributed by atoms with E-state index in [2.05, 4.69) is 20.6 Å². The molecule has 1 heterocycles. The largest absolute Gasteiger partial charge is 0.444 e. The van der Waals surface area contributed by atoms with Crippen LogP contribution in [0.1, 0.15) is 46.1 Å². The lowest BCUT2D eigenvalue weighted by Gasteiger charge is -2.27. The number of guanidine groups is 1. The van der Waals surface area contributed by atoms with Crippen molar-refractivity contribution in [3.05, 3.63) is 30.1 Å². The Bertz CT molecular complexity index is 661. The molecule has 2 N–H and O–H groups in total. The number of carbonyl (C=O) groups excluding carboxylic acids is 1. The summed E-state index contributed by atoms with van der Waals surface area (Å²) in [5.41, 5.74) is 0.247. The van der Waals surface area contributed by atoms with E-state index in [-0.39, 0.29) is 6.54 Å². The quantitative estimate of drug-likeness (QED) is 0.354. The summed E-state index contributed by atoms with van der Waals surface area (Å²) in [7, 11) is 0. The van der Waals surface area contributed by atoms with E-state index in [1.54, 1.807) is 44.1 Å². The molecular formula is C20H32F3N5O2. The standard InChI is InChI=1S/C20H32F3N5O2/c1-5-25-17(27-12-9-20(21,22)23)26-11-7-13-28(18(29)30-19(2,3)4)15-16-8-6-10-24-14-16/h6,8,10,14H,5,7,9,11-13,15H2,1-4H3,(H2,25,26,27). The van der Waals surface area contributed by atoms with Gasteiger partial charge in [0.1, 0.15) is 5.60 Å². The first kappa shape index (κ1) is 25.5. The number of pyridine rings is 1. The topological polar surface area (TPSA) is 78.9 Å². The summed E-state index contributed by atoms with van der Waals surface area (Å²) in [6.07, 6.45) is -1.73. The van der Waals surface area contributed by atoms with Crippen LogP contribution in [0.15, 0.2) is 29.5 Å². The van der Waals surface area contributed by atoms with Gasteiger partial charge in [-0.05, 0) is 45.7 Å². The van der Waals surface area contributed by atoms with E-state index in [0.717, 1.165) is 5.56 Å². The van der Waals surface area contributed by atoms with Crippen molar-refractivity contribution >= 4 is 12.1 Å². The van der Waals surface area contributed by atoms with Gasteiger partial charge >= 0.3 is 12.3 Å². The van der Waals surface area contributed by atoms with Crippen molar-refractivity contribution < 1.29 is 22.7 Å². The minimum atomic E-state index is -4.22. The van der Waals surface area contributed by atoms with Crippen LogP contribution in [0.25, 0.3) is 0 Å². The van der Waals surface area contributed by atoms with Crippen LogP contribution in [0.2, 0.25) is 0 Å². The summed E-state index contributed by atoms with van der Waals surface area (Å²) in [5.74, 6) is 0.317. The van der Waals surface area contributed by atoms with Gasteiger partial charge in [-0.3, -0.25) is 9.98 Å². The number of carbonyl (C=O) groups is 1. The van der Waals surface area contributed by atoms with Crippen LogP contribution in [-0.2, 0) is 11.3 Å². The Labute approximate surface area is 176 Å². The van der Waals surface area contributed by atoms with Gasteiger partial charge in [-0.15, -0.1) is 0 Å². The molecule has 0 radical (unpaired) electrons. The Balaban J connectivity index is 2.64. The number of hydrogen-bond donors (Lipinski definition) is 2. The fourth-order valence-corrected chi connectivity index (χ4v) is 2.39. The zero-order valence-electron chi connectivity index (χ0n) is 18.1. The summed E-state index contributed by atoms with van der Waals surface area (Å²) < 4.78 is 42.4. The lowest BCUT2D eigenvalue weighted by molar-refractivity contribution is -0.132. The van der Waals surface area contributed by atoms with E-state index < -0.39 is 24.3 Å². The van der Waals surface area contributed by atoms with E-state index in [4.69, 9.17) is 4.74 Å². The smallest absolute Gasteiger partial charge is 0.410 e. The van der Waals surface area contributed by atoms with Gasteiger partial charge in [0.05, 0.1) is 13.0 Å². The number of alkyl halides is 3. The number of ether oxygens (including phenoxy) is 1. The average molecular weight is 432 g/mol. The summed E-state index contributed by atoms with van der Waals surface area (Å²) in [6, 6.07) is 3.67. The zero-order valence-corrected chi connectivity index (χ0v) is 18.1. The highest BCUT2D eigenvalue weighted by Gasteiger charge is 2.26. The first-order chi connectivity index (χ1) is 14.0. The first-order valence-electron chi connectivity index (χ1n) is 9.96. The van der Waals surface area contributed by atoms with Gasteiger partial charge in [-0.2, -0.15) is 13.2 Å². The highest BCUT2D eigenvalue weighted by Crippen LogP contribution is 2.18. The Kier molecular flexibility index (Phi) is 10.4. The normalized spacial score (nSPS) is 12.4. The Hall–Kier alpha value is -2.52. The molecule has 10 heteroatoms. The fraction of sp³-hybridized carbons (Fsp3) is 0.650. The van der Waals surface area contributed by atoms with E-state index >= 15 is 0 Å². The number of nitrogens with zero attached hydrogens (tertiary/aromatic N) is 3. The molecule has 0 saturated heterocycles. The molecule has 1 rings (SSSR count). The maximum atomic E-state index is 12.5. The van der Waals surface area contributed by atoms with Crippen LogP contribution >= 0.6 is 0 Å². The van der Waals surface area contributed by atoms with Gasteiger partial charge in [-0.25, -0.2) is 4.79 Å². The van der Waals surface area contributed by atoms with Crippen molar-refractivity contribution in [2.24, 2.45) is 4.99 Å². The molecule has 170 valence electrons. The Morgan fingerprint density at radius 2 is 2.00 bits per heavy atom. The van der Waals surface area contributed by atoms with Gasteiger partial charge in [0.15, 0.2) is 5.96 Å². The highest BCUT2D eigenvalue weighted by atomic mass is 19.4. The van der Waals surface area contributed by atoms with Crippen molar-refractivity contribution in [3.8, 4) is 0 Å². The SMILES string of the molecule is CCNC(=NCCCN(Cc1cccnc1)C(=O)OC(C)(C)C)NCCC(F)(F)F. The van der Waals surface area contributed by atoms with Gasteiger partial charge in [0.25, 0.3) is 0 Å². The Morgan fingerprint density at radius 1 is 1.27 bits per heavy atom. The number of nitrogens with one attached hydrogen (secondary N) is 2. The number of aliphatic imine (C=N–C) groups is 1. The molecule has 0 aliphatic rings. The van der Waals surface area contributed by atoms with Crippen LogP contribution < -0.4 is 10.6 Å². The van der Waals surface area contributed by atoms with E-state index in [1.807, 2.05) is 13.0 Å². The van der Waals surface area contributed by atoms with Crippen LogP contribution in [-0.4, -0.2) is 59.9 Å². The van der Waals surface area contributed by atoms with Crippen molar-refractivity contribution in [1.82, 2.24) is 20.5 Å². The van der Waals surface area contributed by atoms with Crippen LogP contribution in [0.4, 0.5) is 18.0 Å². The first-order valence-corrected chi connectivity index (χ1v) is 9.96. The van der Waals surface area contributed by atoms with E-state index in [9.17, 15) is 18.0 Å². The lowest BCUT2D eigenvalue weighted by atomic mass is 10.2. The number of halogens is 3. The van der Waals surface area contributed by atoms with Crippen molar-refractivity contribution in [2.45, 2.75) is 58.9 Å². The van der Waals surface area contributed by atoms with E-state index in [1.165, 1.54) is 0 Å². The molecule has 0 aromatic carbocycles. The molecule has 0 saturated carbocycles. The van der Waals surface area contributed by atoms with E-state index in [0.29, 0.717) is 38.6 Å². The molecule has 0 aliphatic heterocycles. The summed E-state index contributed by atoms with van der Waals surface area (Å²) in [5, 5.41) is 5.57.